The van der Waals surface area contributed by atoms with Gasteiger partial charge in [-0.15, -0.1) is 0 Å². The third-order valence-corrected chi connectivity index (χ3v) is 7.43. The van der Waals surface area contributed by atoms with E-state index in [0.29, 0.717) is 29.9 Å². The first kappa shape index (κ1) is 19.8. The van der Waals surface area contributed by atoms with Crippen LogP contribution in [0.3, 0.4) is 0 Å². The van der Waals surface area contributed by atoms with Crippen LogP contribution in [0.25, 0.3) is 22.0 Å². The summed E-state index contributed by atoms with van der Waals surface area (Å²) in [5.74, 6) is 1.42. The van der Waals surface area contributed by atoms with E-state index in [9.17, 15) is 13.9 Å². The number of pyridine rings is 1. The zero-order valence-corrected chi connectivity index (χ0v) is 17.4. The number of nitrogens with one attached hydrogen (secondary N) is 1. The number of hydrogen-bond donors (Lipinski definition) is 4. The molecule has 0 saturated carbocycles. The topological polar surface area (TPSA) is 115 Å². The molecule has 2 aromatic heterocycles. The molecule has 1 amide bonds. The average molecular weight is 415 g/mol. The van der Waals surface area contributed by atoms with Crippen molar-refractivity contribution in [3.05, 3.63) is 47.8 Å². The monoisotopic (exact) mass is 414 g/mol. The lowest BCUT2D eigenvalue weighted by molar-refractivity contribution is 0.100. The maximum Gasteiger partial charge on any atom is 0.250 e. The number of aromatic amines is 1. The minimum Gasteiger partial charge on any atom is -0.366 e. The fourth-order valence-corrected chi connectivity index (χ4v) is 5.52. The van der Waals surface area contributed by atoms with E-state index >= 15 is 0 Å². The van der Waals surface area contributed by atoms with Crippen LogP contribution in [0, 0.1) is 0 Å². The van der Waals surface area contributed by atoms with Gasteiger partial charge in [0.1, 0.15) is 5.82 Å². The normalized spacial score (nSPS) is 17.9. The van der Waals surface area contributed by atoms with E-state index in [1.165, 1.54) is 0 Å². The van der Waals surface area contributed by atoms with Crippen LogP contribution in [0.15, 0.2) is 36.7 Å². The van der Waals surface area contributed by atoms with Gasteiger partial charge in [0.2, 0.25) is 0 Å². The minimum absolute atomic E-state index is 0.217. The number of hydrogen-bond acceptors (Lipinski definition) is 5. The Bertz CT molecular complexity index is 1050. The Hall–Kier alpha value is -2.55. The van der Waals surface area contributed by atoms with Gasteiger partial charge in [0.25, 0.3) is 5.91 Å². The molecule has 1 aliphatic heterocycles. The SMILES string of the molecule is CN(C)c1ccc(-c2cc(C(N)=O)c3[nH]cc(C4CCS(O)(O)CC4)c3c2)cn1. The molecule has 0 radical (unpaired) electrons. The second-order valence-corrected chi connectivity index (χ2v) is 10.3. The Labute approximate surface area is 171 Å². The van der Waals surface area contributed by atoms with Gasteiger partial charge in [-0.25, -0.2) is 4.98 Å². The highest BCUT2D eigenvalue weighted by Crippen LogP contribution is 2.49. The molecule has 5 N–H and O–H groups in total. The Morgan fingerprint density at radius 2 is 1.93 bits per heavy atom. The number of aromatic nitrogens is 2. The lowest BCUT2D eigenvalue weighted by atomic mass is 9.91. The number of nitrogens with two attached hydrogens (primary N) is 1. The van der Waals surface area contributed by atoms with E-state index in [1.807, 2.05) is 37.3 Å². The molecule has 1 saturated heterocycles. The third kappa shape index (κ3) is 3.83. The van der Waals surface area contributed by atoms with Crippen molar-refractivity contribution in [3.8, 4) is 11.1 Å². The molecule has 0 atom stereocenters. The Balaban J connectivity index is 1.79. The molecule has 1 aromatic carbocycles. The van der Waals surface area contributed by atoms with E-state index in [1.54, 1.807) is 12.3 Å². The average Bonchev–Trinajstić information content (AvgIpc) is 3.11. The van der Waals surface area contributed by atoms with Crippen molar-refractivity contribution in [1.82, 2.24) is 9.97 Å². The van der Waals surface area contributed by atoms with Gasteiger partial charge in [0.05, 0.1) is 11.1 Å². The van der Waals surface area contributed by atoms with Crippen LogP contribution in [0.5, 0.6) is 0 Å². The minimum atomic E-state index is -2.44. The maximum absolute atomic E-state index is 12.1. The van der Waals surface area contributed by atoms with E-state index in [-0.39, 0.29) is 5.92 Å². The van der Waals surface area contributed by atoms with Crippen LogP contribution in [-0.2, 0) is 0 Å². The lowest BCUT2D eigenvalue weighted by Crippen LogP contribution is -2.19. The molecule has 0 unspecified atom stereocenters. The van der Waals surface area contributed by atoms with E-state index < -0.39 is 16.5 Å². The molecule has 0 aliphatic carbocycles. The summed E-state index contributed by atoms with van der Waals surface area (Å²) < 4.78 is 19.9. The first-order valence-corrected chi connectivity index (χ1v) is 11.5. The number of carbonyl (C=O) groups excluding carboxylic acids is 1. The second kappa shape index (κ2) is 7.37. The van der Waals surface area contributed by atoms with Gasteiger partial charge in [-0.3, -0.25) is 13.9 Å². The summed E-state index contributed by atoms with van der Waals surface area (Å²) in [5.41, 5.74) is 9.72. The fourth-order valence-electron chi connectivity index (χ4n) is 3.99. The largest absolute Gasteiger partial charge is 0.366 e. The number of carbonyl (C=O) groups is 1. The van der Waals surface area contributed by atoms with Crippen molar-refractivity contribution >= 4 is 33.2 Å². The summed E-state index contributed by atoms with van der Waals surface area (Å²) in [6, 6.07) is 7.78. The molecule has 3 heterocycles. The molecule has 0 spiro atoms. The molecular weight excluding hydrogens is 388 g/mol. The highest BCUT2D eigenvalue weighted by Gasteiger charge is 2.27. The van der Waals surface area contributed by atoms with Crippen LogP contribution >= 0.6 is 10.6 Å². The predicted molar refractivity (Wildman–Crippen MR) is 119 cm³/mol. The number of benzene rings is 1. The number of primary amides is 1. The molecule has 1 fully saturated rings. The summed E-state index contributed by atoms with van der Waals surface area (Å²) >= 11 is 0. The van der Waals surface area contributed by atoms with E-state index in [2.05, 4.69) is 16.0 Å². The van der Waals surface area contributed by atoms with Crippen molar-refractivity contribution in [2.24, 2.45) is 5.73 Å². The number of anilines is 1. The summed E-state index contributed by atoms with van der Waals surface area (Å²) in [6.45, 7) is 0. The van der Waals surface area contributed by atoms with Crippen LogP contribution in [0.2, 0.25) is 0 Å². The molecule has 3 aromatic rings. The van der Waals surface area contributed by atoms with Crippen LogP contribution < -0.4 is 10.6 Å². The van der Waals surface area contributed by atoms with Gasteiger partial charge < -0.3 is 15.6 Å². The standard InChI is InChI=1S/C21H26N4O3S/c1-25(2)19-4-3-14(11-23-19)15-9-16-18(13-5-7-29(27,28)8-6-13)12-24-20(16)17(10-15)21(22)26/h3-4,9-13,24,27-28H,5-8H2,1-2H3,(H2,22,26). The third-order valence-electron chi connectivity index (χ3n) is 5.65. The van der Waals surface area contributed by atoms with Gasteiger partial charge in [0, 0.05) is 48.9 Å². The molecule has 1 aliphatic rings. The van der Waals surface area contributed by atoms with Gasteiger partial charge >= 0.3 is 0 Å². The number of fused-ring (bicyclic) bond motifs is 1. The number of rotatable bonds is 4. The van der Waals surface area contributed by atoms with Gasteiger partial charge in [0.15, 0.2) is 0 Å². The maximum atomic E-state index is 12.1. The number of H-pyrrole nitrogens is 1. The fraction of sp³-hybridized carbons (Fsp3) is 0.333. The zero-order valence-electron chi connectivity index (χ0n) is 16.6. The molecule has 29 heavy (non-hydrogen) atoms. The van der Waals surface area contributed by atoms with E-state index in [0.717, 1.165) is 33.4 Å². The number of amides is 1. The molecule has 4 rings (SSSR count). The van der Waals surface area contributed by atoms with Gasteiger partial charge in [-0.1, -0.05) is 0 Å². The van der Waals surface area contributed by atoms with Crippen LogP contribution in [0.4, 0.5) is 5.82 Å². The molecule has 8 heteroatoms. The van der Waals surface area contributed by atoms with Gasteiger partial charge in [-0.05, 0) is 54.2 Å². The second-order valence-electron chi connectivity index (χ2n) is 7.84. The Morgan fingerprint density at radius 3 is 2.52 bits per heavy atom. The Kier molecular flexibility index (Phi) is 5.02. The number of nitrogens with zero attached hydrogens (tertiary/aromatic N) is 2. The summed E-state index contributed by atoms with van der Waals surface area (Å²) in [6.07, 6.45) is 5.15. The van der Waals surface area contributed by atoms with Crippen molar-refractivity contribution in [3.63, 3.8) is 0 Å². The Morgan fingerprint density at radius 1 is 1.21 bits per heavy atom. The molecule has 154 valence electrons. The lowest BCUT2D eigenvalue weighted by Gasteiger charge is -2.39. The molecule has 7 nitrogen and oxygen atoms in total. The first-order chi connectivity index (χ1) is 13.7. The van der Waals surface area contributed by atoms with Crippen molar-refractivity contribution in [2.45, 2.75) is 18.8 Å². The predicted octanol–water partition coefficient (Wildman–Crippen LogP) is 4.02. The van der Waals surface area contributed by atoms with Crippen molar-refractivity contribution in [1.29, 1.82) is 0 Å². The van der Waals surface area contributed by atoms with Crippen LogP contribution in [0.1, 0.15) is 34.7 Å². The molecule has 0 bridgehead atoms. The highest BCUT2D eigenvalue weighted by atomic mass is 32.3. The van der Waals surface area contributed by atoms with Crippen molar-refractivity contribution < 1.29 is 13.9 Å². The van der Waals surface area contributed by atoms with Crippen molar-refractivity contribution in [2.75, 3.05) is 30.5 Å². The van der Waals surface area contributed by atoms with Gasteiger partial charge in [-0.2, -0.15) is 10.6 Å². The summed E-state index contributed by atoms with van der Waals surface area (Å²) in [4.78, 5) is 21.8. The van der Waals surface area contributed by atoms with Crippen LogP contribution in [-0.4, -0.2) is 50.6 Å². The summed E-state index contributed by atoms with van der Waals surface area (Å²) in [5, 5.41) is 0.955. The molecular formula is C21H26N4O3S. The zero-order chi connectivity index (χ0) is 20.8. The smallest absolute Gasteiger partial charge is 0.250 e. The first-order valence-electron chi connectivity index (χ1n) is 9.57. The summed E-state index contributed by atoms with van der Waals surface area (Å²) in [7, 11) is 1.43. The van der Waals surface area contributed by atoms with E-state index in [4.69, 9.17) is 5.73 Å². The highest BCUT2D eigenvalue weighted by molar-refractivity contribution is 8.24. The quantitative estimate of drug-likeness (QED) is 0.515.